The highest BCUT2D eigenvalue weighted by Gasteiger charge is 2.24. The minimum Gasteiger partial charge on any atom is -0.339 e. The van der Waals surface area contributed by atoms with Gasteiger partial charge in [-0.1, -0.05) is 139 Å². The lowest BCUT2D eigenvalue weighted by molar-refractivity contribution is 0.785. The summed E-state index contributed by atoms with van der Waals surface area (Å²) in [5.41, 5.74) is 6.57. The number of benzene rings is 5. The van der Waals surface area contributed by atoms with Crippen LogP contribution in [0.4, 0.5) is 22.7 Å². The molecule has 0 fully saturated rings. The normalized spacial score (nSPS) is 11.3. The molecule has 244 valence electrons. The maximum absolute atomic E-state index is 6.87. The number of hydrogen-bond acceptors (Lipinski definition) is 2. The van der Waals surface area contributed by atoms with Crippen molar-refractivity contribution in [3.63, 3.8) is 0 Å². The van der Waals surface area contributed by atoms with Crippen molar-refractivity contribution in [1.29, 1.82) is 0 Å². The van der Waals surface area contributed by atoms with Crippen LogP contribution in [0.25, 0.3) is 0 Å². The van der Waals surface area contributed by atoms with Gasteiger partial charge in [0.1, 0.15) is 0 Å². The average Bonchev–Trinajstić information content (AvgIpc) is 3.06. The average molecular weight is 745 g/mol. The number of unbranched alkanes of at least 4 members (excludes halogenated alkanes) is 2. The molecule has 0 saturated heterocycles. The van der Waals surface area contributed by atoms with E-state index >= 15 is 0 Å². The van der Waals surface area contributed by atoms with Crippen LogP contribution in [0.2, 0.25) is 30.1 Å². The first kappa shape index (κ1) is 35.7. The molecule has 5 aromatic carbocycles. The summed E-state index contributed by atoms with van der Waals surface area (Å²) >= 11 is 40.4. The smallest absolute Gasteiger partial charge is 0.0789 e. The van der Waals surface area contributed by atoms with Gasteiger partial charge in [0.15, 0.2) is 0 Å². The fourth-order valence-electron chi connectivity index (χ4n) is 5.87. The first-order valence-electron chi connectivity index (χ1n) is 15.8. The fourth-order valence-corrected chi connectivity index (χ4v) is 7.69. The summed E-state index contributed by atoms with van der Waals surface area (Å²) in [6.07, 6.45) is 4.06. The van der Waals surface area contributed by atoms with Crippen LogP contribution in [-0.2, 0) is 0 Å². The molecule has 0 aromatic heterocycles. The van der Waals surface area contributed by atoms with E-state index in [4.69, 9.17) is 69.6 Å². The number of para-hydroxylation sites is 2. The topological polar surface area (TPSA) is 6.48 Å². The van der Waals surface area contributed by atoms with Crippen molar-refractivity contribution in [3.05, 3.63) is 150 Å². The van der Waals surface area contributed by atoms with Crippen LogP contribution in [0.15, 0.2) is 103 Å². The van der Waals surface area contributed by atoms with Gasteiger partial charge in [-0.15, -0.1) is 0 Å². The van der Waals surface area contributed by atoms with Crippen molar-refractivity contribution < 1.29 is 0 Å². The molecular weight excluding hydrogens is 709 g/mol. The molecule has 47 heavy (non-hydrogen) atoms. The second kappa shape index (κ2) is 16.7. The van der Waals surface area contributed by atoms with Gasteiger partial charge in [0, 0.05) is 46.0 Å². The van der Waals surface area contributed by atoms with Crippen LogP contribution < -0.4 is 9.80 Å². The zero-order valence-electron chi connectivity index (χ0n) is 26.3. The Morgan fingerprint density at radius 3 is 1.09 bits per heavy atom. The second-order valence-electron chi connectivity index (χ2n) is 11.4. The van der Waals surface area contributed by atoms with Crippen molar-refractivity contribution >= 4 is 92.4 Å². The maximum atomic E-state index is 6.87. The summed E-state index contributed by atoms with van der Waals surface area (Å²) in [5, 5.41) is 3.68. The van der Waals surface area contributed by atoms with Gasteiger partial charge in [0.05, 0.1) is 31.5 Å². The molecule has 0 atom stereocenters. The molecule has 2 nitrogen and oxygen atoms in total. The molecule has 0 aliphatic rings. The third kappa shape index (κ3) is 8.19. The summed E-state index contributed by atoms with van der Waals surface area (Å²) in [7, 11) is 0. The van der Waals surface area contributed by atoms with Gasteiger partial charge in [-0.2, -0.15) is 0 Å². The molecule has 0 aliphatic heterocycles. The van der Waals surface area contributed by atoms with Crippen molar-refractivity contribution in [1.82, 2.24) is 0 Å². The van der Waals surface area contributed by atoms with E-state index in [2.05, 4.69) is 72.2 Å². The Morgan fingerprint density at radius 2 is 0.766 bits per heavy atom. The molecule has 0 aliphatic carbocycles. The van der Waals surface area contributed by atoms with Crippen LogP contribution in [0.1, 0.15) is 62.1 Å². The Bertz CT molecular complexity index is 1620. The molecule has 0 spiro atoms. The molecule has 8 heteroatoms. The highest BCUT2D eigenvalue weighted by molar-refractivity contribution is 6.40. The molecule has 5 aromatic rings. The highest BCUT2D eigenvalue weighted by Crippen LogP contribution is 2.44. The van der Waals surface area contributed by atoms with Crippen LogP contribution >= 0.6 is 69.6 Å². The summed E-state index contributed by atoms with van der Waals surface area (Å²) < 4.78 is 0. The SMILES string of the molecule is CCCCN(c1ccc(C(c2ccc(N(CCCC)c3c(Cl)cccc3Cl)cc2)c2c(Cl)cccc2Cl)cc1)c1c(Cl)cccc1Cl. The van der Waals surface area contributed by atoms with Gasteiger partial charge < -0.3 is 9.80 Å². The summed E-state index contributed by atoms with van der Waals surface area (Å²) in [6, 6.07) is 33.9. The van der Waals surface area contributed by atoms with E-state index in [-0.39, 0.29) is 5.92 Å². The molecule has 0 N–H and O–H groups in total. The van der Waals surface area contributed by atoms with E-state index in [1.54, 1.807) is 0 Å². The molecule has 5 rings (SSSR count). The Labute approximate surface area is 308 Å². The predicted octanol–water partition coefficient (Wildman–Crippen LogP) is 14.7. The number of rotatable bonds is 13. The van der Waals surface area contributed by atoms with Gasteiger partial charge in [-0.05, 0) is 84.6 Å². The number of nitrogens with zero attached hydrogens (tertiary/aromatic N) is 2. The first-order chi connectivity index (χ1) is 22.7. The predicted molar refractivity (Wildman–Crippen MR) is 207 cm³/mol. The van der Waals surface area contributed by atoms with Gasteiger partial charge in [-0.25, -0.2) is 0 Å². The summed E-state index contributed by atoms with van der Waals surface area (Å²) in [5.74, 6) is -0.222. The van der Waals surface area contributed by atoms with Crippen molar-refractivity contribution in [3.8, 4) is 0 Å². The largest absolute Gasteiger partial charge is 0.339 e. The molecule has 0 bridgehead atoms. The second-order valence-corrected chi connectivity index (χ2v) is 13.8. The molecule has 0 unspecified atom stereocenters. The zero-order valence-corrected chi connectivity index (χ0v) is 30.8. The minimum atomic E-state index is -0.222. The van der Waals surface area contributed by atoms with Gasteiger partial charge in [-0.3, -0.25) is 0 Å². The Kier molecular flexibility index (Phi) is 12.7. The third-order valence-electron chi connectivity index (χ3n) is 8.25. The van der Waals surface area contributed by atoms with Crippen LogP contribution in [0.3, 0.4) is 0 Å². The standard InChI is InChI=1S/C39H36Cl6N2/c1-3-5-24-46(38-32(42)12-8-13-33(38)43)28-20-16-26(17-21-28)36(37-30(40)10-7-11-31(37)41)27-18-22-29(23-19-27)47(25-6-4-2)39-34(44)14-9-15-35(39)45/h7-23,36H,3-6,24-25H2,1-2H3. The van der Waals surface area contributed by atoms with E-state index in [1.807, 2.05) is 54.6 Å². The van der Waals surface area contributed by atoms with Gasteiger partial charge in [0.2, 0.25) is 0 Å². The monoisotopic (exact) mass is 742 g/mol. The van der Waals surface area contributed by atoms with Crippen molar-refractivity contribution in [2.45, 2.75) is 45.4 Å². The van der Waals surface area contributed by atoms with Gasteiger partial charge >= 0.3 is 0 Å². The zero-order chi connectivity index (χ0) is 33.5. The van der Waals surface area contributed by atoms with Crippen LogP contribution in [0, 0.1) is 0 Å². The Balaban J connectivity index is 1.57. The van der Waals surface area contributed by atoms with E-state index < -0.39 is 0 Å². The third-order valence-corrected chi connectivity index (χ3v) is 10.1. The van der Waals surface area contributed by atoms with E-state index in [0.29, 0.717) is 30.1 Å². The Morgan fingerprint density at radius 1 is 0.447 bits per heavy atom. The maximum Gasteiger partial charge on any atom is 0.0789 e. The molecule has 0 saturated carbocycles. The number of hydrogen-bond donors (Lipinski definition) is 0. The highest BCUT2D eigenvalue weighted by atomic mass is 35.5. The van der Waals surface area contributed by atoms with E-state index in [0.717, 1.165) is 78.2 Å². The summed E-state index contributed by atoms with van der Waals surface area (Å²) in [6.45, 7) is 5.91. The van der Waals surface area contributed by atoms with Crippen LogP contribution in [0.5, 0.6) is 0 Å². The molecule has 0 amide bonds. The number of halogens is 6. The minimum absolute atomic E-state index is 0.222. The molecule has 0 radical (unpaired) electrons. The quantitative estimate of drug-likeness (QED) is 0.111. The van der Waals surface area contributed by atoms with E-state index in [9.17, 15) is 0 Å². The van der Waals surface area contributed by atoms with Gasteiger partial charge in [0.25, 0.3) is 0 Å². The summed E-state index contributed by atoms with van der Waals surface area (Å²) in [4.78, 5) is 4.38. The lowest BCUT2D eigenvalue weighted by atomic mass is 9.84. The molecular formula is C39H36Cl6N2. The lowest BCUT2D eigenvalue weighted by Crippen LogP contribution is -2.19. The van der Waals surface area contributed by atoms with Crippen molar-refractivity contribution in [2.75, 3.05) is 22.9 Å². The van der Waals surface area contributed by atoms with E-state index in [1.165, 1.54) is 0 Å². The Hall–Kier alpha value is -2.56. The number of anilines is 4. The van der Waals surface area contributed by atoms with Crippen molar-refractivity contribution in [2.24, 2.45) is 0 Å². The molecule has 0 heterocycles. The fraction of sp³-hybridized carbons (Fsp3) is 0.231. The lowest BCUT2D eigenvalue weighted by Gasteiger charge is -2.29. The van der Waals surface area contributed by atoms with Crippen LogP contribution in [-0.4, -0.2) is 13.1 Å². The first-order valence-corrected chi connectivity index (χ1v) is 18.1.